The van der Waals surface area contributed by atoms with Crippen molar-refractivity contribution in [1.29, 1.82) is 0 Å². The predicted molar refractivity (Wildman–Crippen MR) is 108 cm³/mol. The average Bonchev–Trinajstić information content (AvgIpc) is 2.77. The first kappa shape index (κ1) is 22.7. The van der Waals surface area contributed by atoms with E-state index in [1.54, 1.807) is 24.1 Å². The Hall–Kier alpha value is -2.94. The van der Waals surface area contributed by atoms with E-state index in [-0.39, 0.29) is 24.0 Å². The van der Waals surface area contributed by atoms with Gasteiger partial charge in [-0.2, -0.15) is 13.2 Å². The number of nitrogens with zero attached hydrogens (tertiary/aromatic N) is 2. The number of rotatable bonds is 8. The third-order valence-electron chi connectivity index (χ3n) is 4.90. The van der Waals surface area contributed by atoms with E-state index in [1.165, 1.54) is 12.1 Å². The van der Waals surface area contributed by atoms with Crippen LogP contribution in [-0.2, 0) is 11.3 Å². The van der Waals surface area contributed by atoms with Gasteiger partial charge >= 0.3 is 6.18 Å². The molecule has 9 heteroatoms. The van der Waals surface area contributed by atoms with Crippen LogP contribution < -0.4 is 14.2 Å². The second-order valence-corrected chi connectivity index (χ2v) is 7.11. The smallest absolute Gasteiger partial charge is 0.422 e. The summed E-state index contributed by atoms with van der Waals surface area (Å²) in [4.78, 5) is 16.4. The Labute approximate surface area is 179 Å². The minimum absolute atomic E-state index is 0.0470. The summed E-state index contributed by atoms with van der Waals surface area (Å²) in [6, 6.07) is 13.8. The molecule has 0 N–H and O–H groups in total. The van der Waals surface area contributed by atoms with Crippen LogP contribution >= 0.6 is 0 Å². The fourth-order valence-electron chi connectivity index (χ4n) is 3.31. The largest absolute Gasteiger partial charge is 0.496 e. The summed E-state index contributed by atoms with van der Waals surface area (Å²) in [5.41, 5.74) is 1.09. The number of alkyl halides is 3. The molecule has 1 aliphatic rings. The SMILES string of the molecule is COc1ccccc1CN1CCN(C(=O)COc2ccccc2OCC(F)(F)F)CC1. The van der Waals surface area contributed by atoms with E-state index < -0.39 is 12.8 Å². The summed E-state index contributed by atoms with van der Waals surface area (Å²) in [5, 5.41) is 0. The van der Waals surface area contributed by atoms with Gasteiger partial charge in [0.2, 0.25) is 0 Å². The van der Waals surface area contributed by atoms with E-state index in [0.29, 0.717) is 26.2 Å². The van der Waals surface area contributed by atoms with Gasteiger partial charge in [-0.25, -0.2) is 0 Å². The maximum Gasteiger partial charge on any atom is 0.422 e. The third-order valence-corrected chi connectivity index (χ3v) is 4.90. The molecule has 0 spiro atoms. The number of piperazine rings is 1. The first-order valence-corrected chi connectivity index (χ1v) is 9.89. The van der Waals surface area contributed by atoms with E-state index in [1.807, 2.05) is 24.3 Å². The minimum Gasteiger partial charge on any atom is -0.496 e. The molecule has 0 atom stereocenters. The Morgan fingerprint density at radius 2 is 1.48 bits per heavy atom. The van der Waals surface area contributed by atoms with E-state index in [2.05, 4.69) is 4.90 Å². The monoisotopic (exact) mass is 438 g/mol. The van der Waals surface area contributed by atoms with Crippen molar-refractivity contribution in [2.75, 3.05) is 46.5 Å². The molecule has 1 amide bonds. The number of ether oxygens (including phenoxy) is 3. The van der Waals surface area contributed by atoms with Crippen molar-refractivity contribution in [3.8, 4) is 17.2 Å². The maximum absolute atomic E-state index is 12.5. The maximum atomic E-state index is 12.5. The molecule has 0 radical (unpaired) electrons. The van der Waals surface area contributed by atoms with Gasteiger partial charge in [0.15, 0.2) is 24.7 Å². The van der Waals surface area contributed by atoms with Crippen molar-refractivity contribution in [2.45, 2.75) is 12.7 Å². The first-order valence-electron chi connectivity index (χ1n) is 9.89. The highest BCUT2D eigenvalue weighted by atomic mass is 19.4. The van der Waals surface area contributed by atoms with Crippen molar-refractivity contribution in [3.63, 3.8) is 0 Å². The van der Waals surface area contributed by atoms with Crippen molar-refractivity contribution in [3.05, 3.63) is 54.1 Å². The number of carbonyl (C=O) groups excluding carboxylic acids is 1. The van der Waals surface area contributed by atoms with Crippen LogP contribution in [-0.4, -0.2) is 68.4 Å². The molecule has 6 nitrogen and oxygen atoms in total. The zero-order valence-corrected chi connectivity index (χ0v) is 17.2. The molecule has 0 aliphatic carbocycles. The highest BCUT2D eigenvalue weighted by Crippen LogP contribution is 2.28. The van der Waals surface area contributed by atoms with E-state index in [9.17, 15) is 18.0 Å². The second-order valence-electron chi connectivity index (χ2n) is 7.11. The number of amides is 1. The number of hydrogen-bond acceptors (Lipinski definition) is 5. The summed E-state index contributed by atoms with van der Waals surface area (Å²) >= 11 is 0. The highest BCUT2D eigenvalue weighted by molar-refractivity contribution is 5.78. The molecule has 0 unspecified atom stereocenters. The second kappa shape index (κ2) is 10.4. The van der Waals surface area contributed by atoms with Crippen LogP contribution in [0.25, 0.3) is 0 Å². The zero-order chi connectivity index (χ0) is 22.3. The topological polar surface area (TPSA) is 51.2 Å². The van der Waals surface area contributed by atoms with Gasteiger partial charge in [-0.3, -0.25) is 9.69 Å². The number of para-hydroxylation sites is 3. The van der Waals surface area contributed by atoms with Crippen LogP contribution in [0, 0.1) is 0 Å². The van der Waals surface area contributed by atoms with Crippen LogP contribution in [0.3, 0.4) is 0 Å². The Morgan fingerprint density at radius 1 is 0.903 bits per heavy atom. The summed E-state index contributed by atoms with van der Waals surface area (Å²) in [6.07, 6.45) is -4.45. The molecule has 2 aromatic rings. The average molecular weight is 438 g/mol. The summed E-state index contributed by atoms with van der Waals surface area (Å²) in [5.74, 6) is 0.674. The molecule has 3 rings (SSSR count). The molecule has 1 heterocycles. The lowest BCUT2D eigenvalue weighted by atomic mass is 10.1. The molecule has 1 fully saturated rings. The predicted octanol–water partition coefficient (Wildman–Crippen LogP) is 3.36. The Kier molecular flexibility index (Phi) is 7.62. The van der Waals surface area contributed by atoms with Gasteiger partial charge in [-0.05, 0) is 18.2 Å². The first-order chi connectivity index (χ1) is 14.9. The molecule has 0 saturated carbocycles. The lowest BCUT2D eigenvalue weighted by molar-refractivity contribution is -0.153. The van der Waals surface area contributed by atoms with E-state index in [4.69, 9.17) is 14.2 Å². The van der Waals surface area contributed by atoms with E-state index >= 15 is 0 Å². The van der Waals surface area contributed by atoms with Crippen LogP contribution in [0.15, 0.2) is 48.5 Å². The summed E-state index contributed by atoms with van der Waals surface area (Å²) < 4.78 is 52.8. The molecule has 31 heavy (non-hydrogen) atoms. The van der Waals surface area contributed by atoms with Crippen molar-refractivity contribution >= 4 is 5.91 Å². The number of hydrogen-bond donors (Lipinski definition) is 0. The molecular weight excluding hydrogens is 413 g/mol. The number of halogens is 3. The van der Waals surface area contributed by atoms with Gasteiger partial charge in [0.1, 0.15) is 5.75 Å². The Balaban J connectivity index is 1.48. The van der Waals surface area contributed by atoms with Gasteiger partial charge in [0.25, 0.3) is 5.91 Å². The van der Waals surface area contributed by atoms with Crippen LogP contribution in [0.1, 0.15) is 5.56 Å². The molecule has 168 valence electrons. The molecule has 1 saturated heterocycles. The van der Waals surface area contributed by atoms with Crippen LogP contribution in [0.2, 0.25) is 0 Å². The summed E-state index contributed by atoms with van der Waals surface area (Å²) in [7, 11) is 1.64. The lowest BCUT2D eigenvalue weighted by Crippen LogP contribution is -2.49. The molecule has 2 aromatic carbocycles. The third kappa shape index (κ3) is 6.78. The standard InChI is InChI=1S/C22H25F3N2O4/c1-29-18-7-3-2-6-17(18)14-26-10-12-27(13-11-26)21(28)15-30-19-8-4-5-9-20(19)31-16-22(23,24)25/h2-9H,10-16H2,1H3. The Bertz CT molecular complexity index is 868. The van der Waals surface area contributed by atoms with Crippen LogP contribution in [0.4, 0.5) is 13.2 Å². The zero-order valence-electron chi connectivity index (χ0n) is 17.2. The Morgan fingerprint density at radius 3 is 2.10 bits per heavy atom. The molecule has 0 bridgehead atoms. The van der Waals surface area contributed by atoms with Gasteiger partial charge in [0.05, 0.1) is 7.11 Å². The van der Waals surface area contributed by atoms with Gasteiger partial charge in [-0.1, -0.05) is 30.3 Å². The summed E-state index contributed by atoms with van der Waals surface area (Å²) in [6.45, 7) is 1.54. The van der Waals surface area contributed by atoms with E-state index in [0.717, 1.165) is 17.9 Å². The van der Waals surface area contributed by atoms with Gasteiger partial charge < -0.3 is 19.1 Å². The number of methoxy groups -OCH3 is 1. The fraction of sp³-hybridized carbons (Fsp3) is 0.409. The number of carbonyl (C=O) groups is 1. The minimum atomic E-state index is -4.45. The van der Waals surface area contributed by atoms with Gasteiger partial charge in [-0.15, -0.1) is 0 Å². The molecule has 1 aliphatic heterocycles. The number of benzene rings is 2. The van der Waals surface area contributed by atoms with Crippen molar-refractivity contribution in [2.24, 2.45) is 0 Å². The highest BCUT2D eigenvalue weighted by Gasteiger charge is 2.29. The lowest BCUT2D eigenvalue weighted by Gasteiger charge is -2.34. The van der Waals surface area contributed by atoms with Gasteiger partial charge in [0, 0.05) is 38.3 Å². The fourth-order valence-corrected chi connectivity index (χ4v) is 3.31. The van der Waals surface area contributed by atoms with Crippen molar-refractivity contribution < 1.29 is 32.2 Å². The quantitative estimate of drug-likeness (QED) is 0.633. The van der Waals surface area contributed by atoms with Crippen LogP contribution in [0.5, 0.6) is 17.2 Å². The normalized spacial score (nSPS) is 14.9. The van der Waals surface area contributed by atoms with Crippen molar-refractivity contribution in [1.82, 2.24) is 9.80 Å². The molecule has 0 aromatic heterocycles. The molecular formula is C22H25F3N2O4.